The maximum absolute atomic E-state index is 13.1. The Morgan fingerprint density at radius 2 is 1.88 bits per heavy atom. The number of halogens is 2. The minimum absolute atomic E-state index is 0.202. The van der Waals surface area contributed by atoms with Gasteiger partial charge in [-0.25, -0.2) is 12.8 Å². The molecule has 1 amide bonds. The van der Waals surface area contributed by atoms with Gasteiger partial charge < -0.3 is 4.90 Å². The van der Waals surface area contributed by atoms with Crippen LogP contribution in [0.1, 0.15) is 10.4 Å². The highest BCUT2D eigenvalue weighted by Gasteiger charge is 2.32. The van der Waals surface area contributed by atoms with Crippen molar-refractivity contribution in [3.8, 4) is 0 Å². The molecule has 7 heteroatoms. The van der Waals surface area contributed by atoms with Crippen molar-refractivity contribution < 1.29 is 17.6 Å². The average molecular weight is 366 g/mol. The second-order valence-corrected chi connectivity index (χ2v) is 7.75. The van der Waals surface area contributed by atoms with Crippen molar-refractivity contribution in [2.75, 3.05) is 10.7 Å². The largest absolute Gasteiger partial charge is 0.300 e. The van der Waals surface area contributed by atoms with Crippen LogP contribution in [0.2, 0.25) is 5.02 Å². The first-order valence-corrected chi connectivity index (χ1v) is 9.21. The van der Waals surface area contributed by atoms with E-state index in [0.717, 1.165) is 5.41 Å². The lowest BCUT2D eigenvalue weighted by Gasteiger charge is -2.28. The normalized spacial score (nSPS) is 18.5. The van der Waals surface area contributed by atoms with Gasteiger partial charge in [0.1, 0.15) is 5.82 Å². The van der Waals surface area contributed by atoms with Crippen molar-refractivity contribution in [2.45, 2.75) is 6.04 Å². The Balaban J connectivity index is 2.03. The first-order valence-electron chi connectivity index (χ1n) is 7.11. The molecule has 2 aromatic rings. The molecule has 1 atom stereocenters. The third-order valence-electron chi connectivity index (χ3n) is 3.64. The second-order valence-electron chi connectivity index (χ2n) is 5.39. The van der Waals surface area contributed by atoms with Gasteiger partial charge in [-0.15, -0.1) is 0 Å². The van der Waals surface area contributed by atoms with Crippen molar-refractivity contribution in [3.05, 3.63) is 76.4 Å². The lowest BCUT2D eigenvalue weighted by Crippen LogP contribution is -2.41. The van der Waals surface area contributed by atoms with E-state index >= 15 is 0 Å². The Kier molecular flexibility index (Phi) is 4.43. The summed E-state index contributed by atoms with van der Waals surface area (Å²) >= 11 is 6.00. The predicted molar refractivity (Wildman–Crippen MR) is 91.4 cm³/mol. The molecule has 1 aliphatic rings. The van der Waals surface area contributed by atoms with Gasteiger partial charge in [-0.3, -0.25) is 4.79 Å². The molecule has 0 bridgehead atoms. The molecule has 0 spiro atoms. The smallest absolute Gasteiger partial charge is 0.258 e. The summed E-state index contributed by atoms with van der Waals surface area (Å²) in [5.41, 5.74) is 0.734. The number of anilines is 1. The molecule has 0 saturated heterocycles. The number of benzene rings is 2. The maximum atomic E-state index is 13.1. The predicted octanol–water partition coefficient (Wildman–Crippen LogP) is 3.44. The van der Waals surface area contributed by atoms with Gasteiger partial charge in [0.2, 0.25) is 0 Å². The molecule has 0 unspecified atom stereocenters. The summed E-state index contributed by atoms with van der Waals surface area (Å²) in [6.07, 6.45) is 1.47. The molecular formula is C17H13ClFNO3S. The topological polar surface area (TPSA) is 54.5 Å². The van der Waals surface area contributed by atoms with Gasteiger partial charge in [-0.1, -0.05) is 17.7 Å². The first-order chi connectivity index (χ1) is 11.4. The highest BCUT2D eigenvalue weighted by Crippen LogP contribution is 2.27. The van der Waals surface area contributed by atoms with Gasteiger partial charge in [0.15, 0.2) is 9.84 Å². The summed E-state index contributed by atoms with van der Waals surface area (Å²) in [5, 5.41) is 1.53. The minimum atomic E-state index is -3.35. The fourth-order valence-corrected chi connectivity index (χ4v) is 3.99. The highest BCUT2D eigenvalue weighted by atomic mass is 35.5. The Bertz CT molecular complexity index is 910. The number of carbonyl (C=O) groups is 1. The van der Waals surface area contributed by atoms with E-state index in [9.17, 15) is 17.6 Å². The monoisotopic (exact) mass is 365 g/mol. The minimum Gasteiger partial charge on any atom is -0.300 e. The third-order valence-corrected chi connectivity index (χ3v) is 5.25. The quantitative estimate of drug-likeness (QED) is 0.837. The van der Waals surface area contributed by atoms with E-state index in [4.69, 9.17) is 11.6 Å². The van der Waals surface area contributed by atoms with Gasteiger partial charge in [-0.05, 0) is 48.5 Å². The van der Waals surface area contributed by atoms with E-state index < -0.39 is 27.6 Å². The van der Waals surface area contributed by atoms with Crippen LogP contribution in [-0.2, 0) is 9.84 Å². The zero-order chi connectivity index (χ0) is 17.3. The van der Waals surface area contributed by atoms with Crippen molar-refractivity contribution in [3.63, 3.8) is 0 Å². The van der Waals surface area contributed by atoms with E-state index in [0.29, 0.717) is 10.7 Å². The standard InChI is InChI=1S/C17H13ClFNO3S/c18-13-2-1-3-15(10-13)20(16-8-9-24(22,23)11-16)17(21)12-4-6-14(19)7-5-12/h1-10,16H,11H2/t16-/m0/s1. The number of sulfone groups is 1. The van der Waals surface area contributed by atoms with Gasteiger partial charge in [0, 0.05) is 21.7 Å². The molecule has 24 heavy (non-hydrogen) atoms. The Hall–Kier alpha value is -2.18. The van der Waals surface area contributed by atoms with Crippen LogP contribution in [0.3, 0.4) is 0 Å². The summed E-state index contributed by atoms with van der Waals surface area (Å²) < 4.78 is 36.6. The second kappa shape index (κ2) is 6.37. The van der Waals surface area contributed by atoms with E-state index in [1.165, 1.54) is 35.2 Å². The molecule has 0 aromatic heterocycles. The molecular weight excluding hydrogens is 353 g/mol. The molecule has 0 aliphatic carbocycles. The molecule has 1 heterocycles. The van der Waals surface area contributed by atoms with Gasteiger partial charge >= 0.3 is 0 Å². The van der Waals surface area contributed by atoms with Crippen LogP contribution in [0.15, 0.2) is 60.0 Å². The van der Waals surface area contributed by atoms with Gasteiger partial charge in [0.25, 0.3) is 5.91 Å². The fourth-order valence-electron chi connectivity index (χ4n) is 2.54. The van der Waals surface area contributed by atoms with Crippen LogP contribution in [0.5, 0.6) is 0 Å². The van der Waals surface area contributed by atoms with E-state index in [2.05, 4.69) is 0 Å². The van der Waals surface area contributed by atoms with Crippen LogP contribution < -0.4 is 4.90 Å². The summed E-state index contributed by atoms with van der Waals surface area (Å²) in [6, 6.07) is 11.0. The molecule has 2 aromatic carbocycles. The van der Waals surface area contributed by atoms with E-state index in [-0.39, 0.29) is 11.3 Å². The Morgan fingerprint density at radius 3 is 2.46 bits per heavy atom. The van der Waals surface area contributed by atoms with Crippen LogP contribution in [0.4, 0.5) is 10.1 Å². The summed E-state index contributed by atoms with van der Waals surface area (Å²) in [5.74, 6) is -1.08. The van der Waals surface area contributed by atoms with Crippen LogP contribution in [-0.4, -0.2) is 26.1 Å². The molecule has 0 fully saturated rings. The first kappa shape index (κ1) is 16.7. The Labute approximate surface area is 144 Å². The lowest BCUT2D eigenvalue weighted by molar-refractivity contribution is 0.0983. The van der Waals surface area contributed by atoms with Crippen LogP contribution in [0.25, 0.3) is 0 Å². The van der Waals surface area contributed by atoms with Crippen molar-refractivity contribution in [1.82, 2.24) is 0 Å². The lowest BCUT2D eigenvalue weighted by atomic mass is 10.1. The van der Waals surface area contributed by atoms with Crippen molar-refractivity contribution in [2.24, 2.45) is 0 Å². The zero-order valence-corrected chi connectivity index (χ0v) is 14.0. The highest BCUT2D eigenvalue weighted by molar-refractivity contribution is 7.94. The van der Waals surface area contributed by atoms with E-state index in [1.807, 2.05) is 0 Å². The summed E-state index contributed by atoms with van der Waals surface area (Å²) in [6.45, 7) is 0. The number of carbonyl (C=O) groups excluding carboxylic acids is 1. The maximum Gasteiger partial charge on any atom is 0.258 e. The number of hydrogen-bond acceptors (Lipinski definition) is 3. The molecule has 3 rings (SSSR count). The third kappa shape index (κ3) is 3.49. The van der Waals surface area contributed by atoms with Gasteiger partial charge in [-0.2, -0.15) is 0 Å². The average Bonchev–Trinajstić information content (AvgIpc) is 2.88. The molecule has 0 N–H and O–H groups in total. The van der Waals surface area contributed by atoms with Crippen molar-refractivity contribution in [1.29, 1.82) is 0 Å². The molecule has 124 valence electrons. The number of nitrogens with zero attached hydrogens (tertiary/aromatic N) is 1. The molecule has 0 radical (unpaired) electrons. The Morgan fingerprint density at radius 1 is 1.17 bits per heavy atom. The molecule has 1 aliphatic heterocycles. The summed E-state index contributed by atoms with van der Waals surface area (Å²) in [4.78, 5) is 14.3. The van der Waals surface area contributed by atoms with E-state index in [1.54, 1.807) is 24.3 Å². The van der Waals surface area contributed by atoms with Crippen LogP contribution in [0, 0.1) is 5.82 Å². The fraction of sp³-hybridized carbons (Fsp3) is 0.118. The number of hydrogen-bond donors (Lipinski definition) is 0. The number of amides is 1. The summed E-state index contributed by atoms with van der Waals surface area (Å²) in [7, 11) is -3.35. The zero-order valence-electron chi connectivity index (χ0n) is 12.4. The SMILES string of the molecule is O=C(c1ccc(F)cc1)N(c1cccc(Cl)c1)[C@H]1C=CS(=O)(=O)C1. The van der Waals surface area contributed by atoms with Gasteiger partial charge in [0.05, 0.1) is 11.8 Å². The van der Waals surface area contributed by atoms with Crippen LogP contribution >= 0.6 is 11.6 Å². The van der Waals surface area contributed by atoms with Crippen molar-refractivity contribution >= 4 is 33.0 Å². The number of rotatable bonds is 3. The molecule has 4 nitrogen and oxygen atoms in total. The molecule has 0 saturated carbocycles.